The third kappa shape index (κ3) is 1.08. The fourth-order valence-corrected chi connectivity index (χ4v) is 1.52. The Morgan fingerprint density at radius 3 is 3.00 bits per heavy atom. The quantitative estimate of drug-likeness (QED) is 0.676. The maximum Gasteiger partial charge on any atom is 0.104 e. The van der Waals surface area contributed by atoms with E-state index in [-0.39, 0.29) is 0 Å². The van der Waals surface area contributed by atoms with E-state index in [9.17, 15) is 0 Å². The second-order valence-corrected chi connectivity index (χ2v) is 3.57. The Bertz CT molecular complexity index is 394. The Labute approximate surface area is 78.1 Å². The summed E-state index contributed by atoms with van der Waals surface area (Å²) >= 11 is 3.35. The van der Waals surface area contributed by atoms with E-state index >= 15 is 0 Å². The van der Waals surface area contributed by atoms with Crippen molar-refractivity contribution >= 4 is 32.7 Å². The summed E-state index contributed by atoms with van der Waals surface area (Å²) in [5.41, 5.74) is 8.33. The minimum absolute atomic E-state index is 0.717. The zero-order valence-corrected chi connectivity index (χ0v) is 8.14. The molecule has 0 amide bonds. The van der Waals surface area contributed by atoms with E-state index in [1.165, 1.54) is 0 Å². The van der Waals surface area contributed by atoms with Crippen molar-refractivity contribution in [1.29, 1.82) is 0 Å². The van der Waals surface area contributed by atoms with E-state index < -0.39 is 0 Å². The van der Waals surface area contributed by atoms with E-state index in [1.807, 2.05) is 19.1 Å². The lowest BCUT2D eigenvalue weighted by Crippen LogP contribution is -1.85. The van der Waals surface area contributed by atoms with Crippen LogP contribution < -0.4 is 5.73 Å². The molecule has 12 heavy (non-hydrogen) atoms. The highest BCUT2D eigenvalue weighted by Gasteiger charge is 2.02. The van der Waals surface area contributed by atoms with Crippen molar-refractivity contribution in [3.63, 3.8) is 0 Å². The van der Waals surface area contributed by atoms with Gasteiger partial charge in [0.1, 0.15) is 5.82 Å². The molecule has 0 saturated heterocycles. The first-order valence-electron chi connectivity index (χ1n) is 3.58. The van der Waals surface area contributed by atoms with Crippen LogP contribution in [0.1, 0.15) is 5.82 Å². The molecular formula is C8H8BrN3. The number of nitrogens with one attached hydrogen (secondary N) is 1. The Hall–Kier alpha value is -1.03. The van der Waals surface area contributed by atoms with E-state index in [0.717, 1.165) is 21.3 Å². The molecule has 0 aliphatic carbocycles. The number of H-pyrrole nitrogens is 1. The van der Waals surface area contributed by atoms with Crippen molar-refractivity contribution in [3.8, 4) is 0 Å². The number of nitrogen functional groups attached to an aromatic ring is 1. The molecule has 0 aliphatic heterocycles. The number of hydrogen-bond acceptors (Lipinski definition) is 2. The molecule has 0 unspecified atom stereocenters. The summed E-state index contributed by atoms with van der Waals surface area (Å²) in [6.07, 6.45) is 0. The van der Waals surface area contributed by atoms with Gasteiger partial charge in [-0.3, -0.25) is 0 Å². The fourth-order valence-electron chi connectivity index (χ4n) is 1.17. The van der Waals surface area contributed by atoms with Gasteiger partial charge in [0, 0.05) is 10.2 Å². The average Bonchev–Trinajstić information content (AvgIpc) is 2.30. The van der Waals surface area contributed by atoms with Gasteiger partial charge in [0.15, 0.2) is 0 Å². The standard InChI is InChI=1S/C8H8BrN3/c1-4-11-7-2-5(9)6(10)3-8(7)12-4/h2-3H,10H2,1H3,(H,11,12). The van der Waals surface area contributed by atoms with Gasteiger partial charge in [-0.05, 0) is 35.0 Å². The second-order valence-electron chi connectivity index (χ2n) is 2.71. The van der Waals surface area contributed by atoms with Crippen LogP contribution >= 0.6 is 15.9 Å². The predicted octanol–water partition coefficient (Wildman–Crippen LogP) is 2.22. The number of hydrogen-bond donors (Lipinski definition) is 2. The second kappa shape index (κ2) is 2.48. The molecule has 0 radical (unpaired) electrons. The number of fused-ring (bicyclic) bond motifs is 1. The highest BCUT2D eigenvalue weighted by Crippen LogP contribution is 2.24. The highest BCUT2D eigenvalue weighted by atomic mass is 79.9. The lowest BCUT2D eigenvalue weighted by Gasteiger charge is -1.95. The smallest absolute Gasteiger partial charge is 0.104 e. The first-order chi connectivity index (χ1) is 5.66. The molecule has 1 heterocycles. The summed E-state index contributed by atoms with van der Waals surface area (Å²) in [5.74, 6) is 0.905. The number of aromatic nitrogens is 2. The van der Waals surface area contributed by atoms with Crippen molar-refractivity contribution in [2.24, 2.45) is 0 Å². The number of nitrogens with two attached hydrogens (primary N) is 1. The monoisotopic (exact) mass is 225 g/mol. The van der Waals surface area contributed by atoms with Crippen LogP contribution in [0.5, 0.6) is 0 Å². The van der Waals surface area contributed by atoms with Crippen LogP contribution in [0.2, 0.25) is 0 Å². The summed E-state index contributed by atoms with van der Waals surface area (Å²) in [6.45, 7) is 1.92. The van der Waals surface area contributed by atoms with E-state index in [4.69, 9.17) is 5.73 Å². The molecule has 62 valence electrons. The Morgan fingerprint density at radius 2 is 2.25 bits per heavy atom. The van der Waals surface area contributed by atoms with Crippen LogP contribution in [0.15, 0.2) is 16.6 Å². The minimum Gasteiger partial charge on any atom is -0.398 e. The molecule has 1 aromatic heterocycles. The molecule has 2 rings (SSSR count). The van der Waals surface area contributed by atoms with Crippen LogP contribution in [0, 0.1) is 6.92 Å². The van der Waals surface area contributed by atoms with Gasteiger partial charge in [-0.15, -0.1) is 0 Å². The van der Waals surface area contributed by atoms with E-state index in [2.05, 4.69) is 25.9 Å². The van der Waals surface area contributed by atoms with Gasteiger partial charge in [0.2, 0.25) is 0 Å². The Morgan fingerprint density at radius 1 is 1.50 bits per heavy atom. The van der Waals surface area contributed by atoms with E-state index in [0.29, 0.717) is 5.69 Å². The SMILES string of the molecule is Cc1nc2cc(N)c(Br)cc2[nH]1. The number of aryl methyl sites for hydroxylation is 1. The van der Waals surface area contributed by atoms with Crippen molar-refractivity contribution in [2.75, 3.05) is 5.73 Å². The first kappa shape index (κ1) is 7.61. The van der Waals surface area contributed by atoms with Crippen LogP contribution in [-0.2, 0) is 0 Å². The summed E-state index contributed by atoms with van der Waals surface area (Å²) in [4.78, 5) is 7.39. The lowest BCUT2D eigenvalue weighted by atomic mass is 10.3. The molecule has 0 aliphatic rings. The minimum atomic E-state index is 0.717. The van der Waals surface area contributed by atoms with Crippen molar-refractivity contribution in [3.05, 3.63) is 22.4 Å². The molecule has 1 aromatic carbocycles. The Balaban J connectivity index is 2.83. The van der Waals surface area contributed by atoms with Crippen LogP contribution in [0.4, 0.5) is 5.69 Å². The van der Waals surface area contributed by atoms with Gasteiger partial charge in [0.05, 0.1) is 11.0 Å². The van der Waals surface area contributed by atoms with Gasteiger partial charge < -0.3 is 10.7 Å². The molecule has 0 fully saturated rings. The topological polar surface area (TPSA) is 54.7 Å². The van der Waals surface area contributed by atoms with Gasteiger partial charge in [-0.25, -0.2) is 4.98 Å². The van der Waals surface area contributed by atoms with Crippen molar-refractivity contribution < 1.29 is 0 Å². The maximum atomic E-state index is 5.69. The predicted molar refractivity (Wildman–Crippen MR) is 52.9 cm³/mol. The largest absolute Gasteiger partial charge is 0.398 e. The van der Waals surface area contributed by atoms with Crippen LogP contribution in [0.3, 0.4) is 0 Å². The third-order valence-corrected chi connectivity index (χ3v) is 2.41. The van der Waals surface area contributed by atoms with Crippen molar-refractivity contribution in [2.45, 2.75) is 6.92 Å². The van der Waals surface area contributed by atoms with Gasteiger partial charge in [0.25, 0.3) is 0 Å². The summed E-state index contributed by atoms with van der Waals surface area (Å²) in [7, 11) is 0. The summed E-state index contributed by atoms with van der Waals surface area (Å²) in [6, 6.07) is 3.79. The first-order valence-corrected chi connectivity index (χ1v) is 4.37. The number of anilines is 1. The molecule has 0 bridgehead atoms. The van der Waals surface area contributed by atoms with Gasteiger partial charge in [-0.2, -0.15) is 0 Å². The zero-order valence-electron chi connectivity index (χ0n) is 6.56. The molecule has 0 saturated carbocycles. The van der Waals surface area contributed by atoms with Crippen LogP contribution in [-0.4, -0.2) is 9.97 Å². The van der Waals surface area contributed by atoms with E-state index in [1.54, 1.807) is 0 Å². The number of halogens is 1. The zero-order chi connectivity index (χ0) is 8.72. The number of benzene rings is 1. The highest BCUT2D eigenvalue weighted by molar-refractivity contribution is 9.10. The molecule has 0 atom stereocenters. The fraction of sp³-hybridized carbons (Fsp3) is 0.125. The van der Waals surface area contributed by atoms with Crippen molar-refractivity contribution in [1.82, 2.24) is 9.97 Å². The molecular weight excluding hydrogens is 218 g/mol. The lowest BCUT2D eigenvalue weighted by molar-refractivity contribution is 1.17. The molecule has 2 aromatic rings. The molecule has 4 heteroatoms. The Kier molecular flexibility index (Phi) is 1.58. The average molecular weight is 226 g/mol. The number of aromatic amines is 1. The molecule has 3 N–H and O–H groups in total. The normalized spacial score (nSPS) is 10.8. The van der Waals surface area contributed by atoms with Crippen LogP contribution in [0.25, 0.3) is 11.0 Å². The molecule has 3 nitrogen and oxygen atoms in total. The molecule has 0 spiro atoms. The maximum absolute atomic E-state index is 5.69. The number of rotatable bonds is 0. The summed E-state index contributed by atoms with van der Waals surface area (Å²) < 4.78 is 0.902. The number of imidazole rings is 1. The number of nitrogens with zero attached hydrogens (tertiary/aromatic N) is 1. The van der Waals surface area contributed by atoms with Gasteiger partial charge in [-0.1, -0.05) is 0 Å². The van der Waals surface area contributed by atoms with Gasteiger partial charge >= 0.3 is 0 Å². The summed E-state index contributed by atoms with van der Waals surface area (Å²) in [5, 5.41) is 0. The third-order valence-electron chi connectivity index (χ3n) is 1.72.